The molecule has 1 rings (SSSR count). The maximum Gasteiger partial charge on any atom is 0.369 e. The first kappa shape index (κ1) is 22.6. The van der Waals surface area contributed by atoms with Gasteiger partial charge in [-0.3, -0.25) is 0 Å². The van der Waals surface area contributed by atoms with Crippen molar-refractivity contribution in [2.45, 2.75) is 76.6 Å². The number of methoxy groups -OCH3 is 1. The maximum absolute atomic E-state index is 11.2. The van der Waals surface area contributed by atoms with Crippen molar-refractivity contribution < 1.29 is 24.9 Å². The lowest BCUT2D eigenvalue weighted by molar-refractivity contribution is -0.238. The van der Waals surface area contributed by atoms with Crippen molar-refractivity contribution in [1.82, 2.24) is 0 Å². The lowest BCUT2D eigenvalue weighted by atomic mass is 9.96. The van der Waals surface area contributed by atoms with E-state index < -0.39 is 17.9 Å². The minimum absolute atomic E-state index is 0.0267. The van der Waals surface area contributed by atoms with Crippen LogP contribution in [0.1, 0.15) is 64.7 Å². The Kier molecular flexibility index (Phi) is 10.5. The Labute approximate surface area is 157 Å². The molecule has 0 aliphatic heterocycles. The first-order chi connectivity index (χ1) is 12.4. The van der Waals surface area contributed by atoms with Gasteiger partial charge in [-0.15, -0.1) is 0 Å². The van der Waals surface area contributed by atoms with E-state index in [2.05, 4.69) is 29.9 Å². The van der Waals surface area contributed by atoms with Gasteiger partial charge in [-0.1, -0.05) is 56.6 Å². The molecule has 0 aromatic carbocycles. The Morgan fingerprint density at radius 1 is 1.31 bits per heavy atom. The number of hydrogen-bond donors (Lipinski definition) is 3. The Bertz CT molecular complexity index is 505. The average Bonchev–Trinajstić information content (AvgIpc) is 3.07. The van der Waals surface area contributed by atoms with Crippen LogP contribution in [0.2, 0.25) is 0 Å². The zero-order valence-electron chi connectivity index (χ0n) is 16.1. The second kappa shape index (κ2) is 12.0. The Hall–Kier alpha value is -1.43. The summed E-state index contributed by atoms with van der Waals surface area (Å²) in [5, 5.41) is 28.9. The van der Waals surface area contributed by atoms with Gasteiger partial charge >= 0.3 is 5.97 Å². The number of ether oxygens (including phenoxy) is 1. The molecule has 0 amide bonds. The highest BCUT2D eigenvalue weighted by molar-refractivity contribution is 5.77. The van der Waals surface area contributed by atoms with Gasteiger partial charge in [0.15, 0.2) is 0 Å². The van der Waals surface area contributed by atoms with E-state index in [0.717, 1.165) is 32.8 Å². The molecule has 0 saturated carbocycles. The van der Waals surface area contributed by atoms with E-state index >= 15 is 0 Å². The second-order valence-electron chi connectivity index (χ2n) is 6.91. The van der Waals surface area contributed by atoms with E-state index in [1.165, 1.54) is 31.3 Å². The van der Waals surface area contributed by atoms with Crippen molar-refractivity contribution in [1.29, 1.82) is 0 Å². The second-order valence-corrected chi connectivity index (χ2v) is 6.91. The summed E-state index contributed by atoms with van der Waals surface area (Å²) in [5.41, 5.74) is 1.36. The quantitative estimate of drug-likeness (QED) is 0.213. The predicted molar refractivity (Wildman–Crippen MR) is 102 cm³/mol. The zero-order chi connectivity index (χ0) is 19.4. The zero-order valence-corrected chi connectivity index (χ0v) is 16.1. The smallest absolute Gasteiger partial charge is 0.369 e. The molecule has 26 heavy (non-hydrogen) atoms. The molecule has 2 atom stereocenters. The summed E-state index contributed by atoms with van der Waals surface area (Å²) < 4.78 is 4.27. The number of carbonyl (C=O) groups is 1. The van der Waals surface area contributed by atoms with E-state index in [0.29, 0.717) is 5.92 Å². The van der Waals surface area contributed by atoms with Gasteiger partial charge in [-0.2, -0.15) is 0 Å². The van der Waals surface area contributed by atoms with Crippen LogP contribution in [0.25, 0.3) is 0 Å². The molecule has 3 N–H and O–H groups in total. The van der Waals surface area contributed by atoms with Gasteiger partial charge in [-0.05, 0) is 50.0 Å². The number of esters is 1. The highest BCUT2D eigenvalue weighted by atomic mass is 16.6. The molecule has 0 aromatic heterocycles. The molecule has 1 aliphatic carbocycles. The number of carbonyl (C=O) groups excluding carboxylic acids is 1. The summed E-state index contributed by atoms with van der Waals surface area (Å²) in [7, 11) is 1.04. The number of rotatable bonds is 12. The minimum Gasteiger partial charge on any atom is -0.465 e. The van der Waals surface area contributed by atoms with Crippen LogP contribution in [0.4, 0.5) is 0 Å². The van der Waals surface area contributed by atoms with Gasteiger partial charge in [0.1, 0.15) is 6.10 Å². The van der Waals surface area contributed by atoms with Crippen LogP contribution in [-0.2, 0) is 9.53 Å². The highest BCUT2D eigenvalue weighted by Crippen LogP contribution is 2.30. The average molecular weight is 366 g/mol. The largest absolute Gasteiger partial charge is 0.465 e. The summed E-state index contributed by atoms with van der Waals surface area (Å²) in [4.78, 5) is 11.2. The van der Waals surface area contributed by atoms with Crippen molar-refractivity contribution >= 4 is 5.97 Å². The Morgan fingerprint density at radius 3 is 2.77 bits per heavy atom. The lowest BCUT2D eigenvalue weighted by Gasteiger charge is -2.23. The SMILES string of the molecule is CCCCCC/C=C/C1=CCC[C@@H]1C/C=C\CC(O)C(O)(O)C(=O)OC. The van der Waals surface area contributed by atoms with Gasteiger partial charge < -0.3 is 20.1 Å². The third-order valence-electron chi connectivity index (χ3n) is 4.80. The van der Waals surface area contributed by atoms with E-state index in [1.54, 1.807) is 6.08 Å². The van der Waals surface area contributed by atoms with Crippen LogP contribution in [0.5, 0.6) is 0 Å². The van der Waals surface area contributed by atoms with E-state index in [9.17, 15) is 20.1 Å². The number of aliphatic hydroxyl groups is 3. The molecule has 1 unspecified atom stereocenters. The summed E-state index contributed by atoms with van der Waals surface area (Å²) >= 11 is 0. The van der Waals surface area contributed by atoms with Crippen molar-refractivity contribution in [3.63, 3.8) is 0 Å². The third kappa shape index (κ3) is 7.44. The van der Waals surface area contributed by atoms with Crippen molar-refractivity contribution in [2.75, 3.05) is 7.11 Å². The molecule has 0 bridgehead atoms. The molecule has 0 saturated heterocycles. The fourth-order valence-corrected chi connectivity index (χ4v) is 3.09. The predicted octanol–water partition coefficient (Wildman–Crippen LogP) is 3.40. The maximum atomic E-state index is 11.2. The van der Waals surface area contributed by atoms with Gasteiger partial charge in [0.05, 0.1) is 7.11 Å². The molecule has 5 heteroatoms. The highest BCUT2D eigenvalue weighted by Gasteiger charge is 2.42. The van der Waals surface area contributed by atoms with Crippen molar-refractivity contribution in [2.24, 2.45) is 5.92 Å². The Balaban J connectivity index is 2.37. The first-order valence-electron chi connectivity index (χ1n) is 9.66. The summed E-state index contributed by atoms with van der Waals surface area (Å²) in [6.45, 7) is 2.22. The molecule has 0 fully saturated rings. The van der Waals surface area contributed by atoms with Crippen LogP contribution in [0, 0.1) is 5.92 Å². The Morgan fingerprint density at radius 2 is 2.08 bits per heavy atom. The molecule has 0 radical (unpaired) electrons. The van der Waals surface area contributed by atoms with Crippen molar-refractivity contribution in [3.8, 4) is 0 Å². The number of hydrogen-bond acceptors (Lipinski definition) is 5. The number of unbranched alkanes of at least 4 members (excludes halogenated alkanes) is 4. The van der Waals surface area contributed by atoms with Crippen LogP contribution in [0.3, 0.4) is 0 Å². The van der Waals surface area contributed by atoms with E-state index in [-0.39, 0.29) is 6.42 Å². The molecule has 148 valence electrons. The minimum atomic E-state index is -2.88. The monoisotopic (exact) mass is 366 g/mol. The summed E-state index contributed by atoms with van der Waals surface area (Å²) in [6, 6.07) is 0. The molecule has 1 aliphatic rings. The standard InChI is InChI=1S/C21H34O5/c1-3-4-5-6-7-8-12-17-14-11-15-18(17)13-9-10-16-19(22)21(24,25)20(23)26-2/h8-10,12,14,18-19,22,24-25H,3-7,11,13,15-16H2,1-2H3/b10-9-,12-8+/t18-,19?/m0/s1. The third-order valence-corrected chi connectivity index (χ3v) is 4.80. The van der Waals surface area contributed by atoms with Crippen LogP contribution in [-0.4, -0.2) is 40.3 Å². The molecule has 5 nitrogen and oxygen atoms in total. The fourth-order valence-electron chi connectivity index (χ4n) is 3.09. The van der Waals surface area contributed by atoms with Crippen LogP contribution in [0.15, 0.2) is 36.0 Å². The van der Waals surface area contributed by atoms with Crippen LogP contribution >= 0.6 is 0 Å². The van der Waals surface area contributed by atoms with Gasteiger partial charge in [0, 0.05) is 0 Å². The number of allylic oxidation sites excluding steroid dienone is 5. The van der Waals surface area contributed by atoms with E-state index in [1.807, 2.05) is 6.08 Å². The van der Waals surface area contributed by atoms with E-state index in [4.69, 9.17) is 0 Å². The molecular weight excluding hydrogens is 332 g/mol. The normalized spacial score (nSPS) is 19.3. The fraction of sp³-hybridized carbons (Fsp3) is 0.667. The number of aliphatic hydroxyl groups excluding tert-OH is 1. The van der Waals surface area contributed by atoms with Crippen LogP contribution < -0.4 is 0 Å². The van der Waals surface area contributed by atoms with Gasteiger partial charge in [0.25, 0.3) is 5.79 Å². The topological polar surface area (TPSA) is 87.0 Å². The molecule has 0 spiro atoms. The molecule has 0 heterocycles. The van der Waals surface area contributed by atoms with Crippen molar-refractivity contribution in [3.05, 3.63) is 36.0 Å². The van der Waals surface area contributed by atoms with Gasteiger partial charge in [0.2, 0.25) is 0 Å². The summed E-state index contributed by atoms with van der Waals surface area (Å²) in [6.07, 6.45) is 18.0. The first-order valence-corrected chi connectivity index (χ1v) is 9.66. The van der Waals surface area contributed by atoms with Gasteiger partial charge in [-0.25, -0.2) is 4.79 Å². The summed E-state index contributed by atoms with van der Waals surface area (Å²) in [5.74, 6) is -3.68. The molecule has 0 aromatic rings. The lowest BCUT2D eigenvalue weighted by Crippen LogP contribution is -2.50. The molecular formula is C21H34O5.